The Balaban J connectivity index is 1.20. The Hall–Kier alpha value is -2.63. The van der Waals surface area contributed by atoms with Gasteiger partial charge in [0.25, 0.3) is 0 Å². The summed E-state index contributed by atoms with van der Waals surface area (Å²) < 4.78 is 16.4. The molecular weight excluding hydrogens is 444 g/mol. The fraction of sp³-hybridized carbons (Fsp3) is 0.621. The van der Waals surface area contributed by atoms with Crippen molar-refractivity contribution in [1.29, 1.82) is 0 Å². The molecule has 35 heavy (non-hydrogen) atoms. The van der Waals surface area contributed by atoms with Gasteiger partial charge in [0.15, 0.2) is 5.78 Å². The fourth-order valence-corrected chi connectivity index (χ4v) is 7.82. The number of allylic oxidation sites excluding steroid dienone is 1. The molecule has 0 bridgehead atoms. The van der Waals surface area contributed by atoms with Gasteiger partial charge in [0, 0.05) is 18.8 Å². The molecular formula is C29H36O6. The minimum absolute atomic E-state index is 0.0199. The van der Waals surface area contributed by atoms with Crippen molar-refractivity contribution < 1.29 is 28.6 Å². The van der Waals surface area contributed by atoms with Crippen molar-refractivity contribution in [3.8, 4) is 5.75 Å². The molecule has 0 heterocycles. The molecule has 0 aliphatic heterocycles. The highest BCUT2D eigenvalue weighted by Crippen LogP contribution is 2.65. The Morgan fingerprint density at radius 2 is 1.74 bits per heavy atom. The van der Waals surface area contributed by atoms with Gasteiger partial charge in [-0.1, -0.05) is 31.6 Å². The first-order chi connectivity index (χ1) is 16.7. The molecule has 4 aliphatic rings. The third kappa shape index (κ3) is 4.41. The van der Waals surface area contributed by atoms with E-state index in [1.54, 1.807) is 24.3 Å². The number of ether oxygens (including phenoxy) is 3. The molecule has 3 saturated carbocycles. The molecule has 3 fully saturated rings. The third-order valence-electron chi connectivity index (χ3n) is 9.66. The number of esters is 1. The zero-order chi connectivity index (χ0) is 24.8. The van der Waals surface area contributed by atoms with E-state index in [2.05, 4.69) is 13.8 Å². The van der Waals surface area contributed by atoms with Crippen LogP contribution in [0.3, 0.4) is 0 Å². The summed E-state index contributed by atoms with van der Waals surface area (Å²) in [5.74, 6) is 2.18. The lowest BCUT2D eigenvalue weighted by Gasteiger charge is -2.57. The van der Waals surface area contributed by atoms with Crippen LogP contribution in [0.5, 0.6) is 5.75 Å². The lowest BCUT2D eigenvalue weighted by molar-refractivity contribution is -0.131. The lowest BCUT2D eigenvalue weighted by Crippen LogP contribution is -2.51. The third-order valence-corrected chi connectivity index (χ3v) is 9.66. The highest BCUT2D eigenvalue weighted by molar-refractivity contribution is 5.91. The van der Waals surface area contributed by atoms with Crippen LogP contribution in [0.2, 0.25) is 0 Å². The van der Waals surface area contributed by atoms with Gasteiger partial charge in [-0.15, -0.1) is 0 Å². The zero-order valence-electron chi connectivity index (χ0n) is 21.0. The van der Waals surface area contributed by atoms with Gasteiger partial charge >= 0.3 is 12.1 Å². The molecule has 4 aliphatic carbocycles. The molecule has 0 aromatic heterocycles. The molecule has 0 amide bonds. The number of hydrogen-bond donors (Lipinski definition) is 0. The first kappa shape index (κ1) is 24.1. The number of fused-ring (bicyclic) bond motifs is 5. The SMILES string of the molecule is CC(=O)Oc1ccc(COC(=O)O[C@H]2CC[C@H]3[C@@H]4CCC5=CC(=O)CC[C@]5(C)[C@H]4CC[C@]23C)cc1. The van der Waals surface area contributed by atoms with Gasteiger partial charge in [-0.25, -0.2) is 4.79 Å². The Bertz CT molecular complexity index is 1040. The quantitative estimate of drug-likeness (QED) is 0.379. The standard InChI is InChI=1S/C29H36O6/c1-18(30)34-22-7-4-19(5-8-22)17-33-27(32)35-26-11-10-24-23-9-6-20-16-21(31)12-14-28(20,2)25(23)13-15-29(24,26)3/h4-5,7-8,16,23-26H,6,9-15,17H2,1-3H3/t23-,24-,25-,26-,28-,29-/m0/s1. The summed E-state index contributed by atoms with van der Waals surface area (Å²) >= 11 is 0. The number of rotatable bonds is 4. The average molecular weight is 481 g/mol. The molecule has 0 unspecified atom stereocenters. The smallest absolute Gasteiger partial charge is 0.430 e. The topological polar surface area (TPSA) is 78.9 Å². The predicted molar refractivity (Wildman–Crippen MR) is 130 cm³/mol. The molecule has 0 radical (unpaired) electrons. The molecule has 0 saturated heterocycles. The molecule has 6 heteroatoms. The Morgan fingerprint density at radius 3 is 2.49 bits per heavy atom. The van der Waals surface area contributed by atoms with E-state index in [-0.39, 0.29) is 29.5 Å². The van der Waals surface area contributed by atoms with E-state index in [1.807, 2.05) is 6.08 Å². The summed E-state index contributed by atoms with van der Waals surface area (Å²) in [5.41, 5.74) is 2.32. The van der Waals surface area contributed by atoms with Crippen molar-refractivity contribution in [3.05, 3.63) is 41.5 Å². The molecule has 6 atom stereocenters. The van der Waals surface area contributed by atoms with Crippen LogP contribution < -0.4 is 4.74 Å². The minimum atomic E-state index is -0.616. The zero-order valence-corrected chi connectivity index (χ0v) is 21.0. The van der Waals surface area contributed by atoms with E-state index in [4.69, 9.17) is 14.2 Å². The van der Waals surface area contributed by atoms with Crippen molar-refractivity contribution in [2.45, 2.75) is 84.8 Å². The van der Waals surface area contributed by atoms with Gasteiger partial charge in [-0.2, -0.15) is 0 Å². The van der Waals surface area contributed by atoms with Crippen molar-refractivity contribution in [2.75, 3.05) is 0 Å². The van der Waals surface area contributed by atoms with E-state index in [9.17, 15) is 14.4 Å². The van der Waals surface area contributed by atoms with E-state index in [1.165, 1.54) is 12.5 Å². The Morgan fingerprint density at radius 1 is 0.971 bits per heavy atom. The summed E-state index contributed by atoms with van der Waals surface area (Å²) in [5, 5.41) is 0. The highest BCUT2D eigenvalue weighted by atomic mass is 16.7. The van der Waals surface area contributed by atoms with Gasteiger partial charge in [-0.05, 0) is 91.9 Å². The van der Waals surface area contributed by atoms with Crippen molar-refractivity contribution in [3.63, 3.8) is 0 Å². The first-order valence-corrected chi connectivity index (χ1v) is 13.0. The molecule has 1 aromatic carbocycles. The second-order valence-electron chi connectivity index (χ2n) is 11.5. The maximum atomic E-state index is 12.6. The first-order valence-electron chi connectivity index (χ1n) is 13.0. The molecule has 0 N–H and O–H groups in total. The molecule has 0 spiro atoms. The number of carbonyl (C=O) groups is 3. The molecule has 5 rings (SSSR count). The van der Waals surface area contributed by atoms with Crippen molar-refractivity contribution >= 4 is 17.9 Å². The number of ketones is 1. The van der Waals surface area contributed by atoms with E-state index >= 15 is 0 Å². The average Bonchev–Trinajstić information content (AvgIpc) is 3.15. The van der Waals surface area contributed by atoms with Crippen molar-refractivity contribution in [2.24, 2.45) is 28.6 Å². The van der Waals surface area contributed by atoms with Gasteiger partial charge in [0.1, 0.15) is 18.5 Å². The molecule has 6 nitrogen and oxygen atoms in total. The maximum absolute atomic E-state index is 12.6. The number of hydrogen-bond acceptors (Lipinski definition) is 6. The van der Waals surface area contributed by atoms with E-state index in [0.717, 1.165) is 50.5 Å². The van der Waals surface area contributed by atoms with Gasteiger partial charge in [0.05, 0.1) is 0 Å². The maximum Gasteiger partial charge on any atom is 0.508 e. The van der Waals surface area contributed by atoms with Gasteiger partial charge < -0.3 is 14.2 Å². The van der Waals surface area contributed by atoms with Crippen LogP contribution in [-0.2, 0) is 25.7 Å². The molecule has 188 valence electrons. The van der Waals surface area contributed by atoms with Gasteiger partial charge in [0.2, 0.25) is 0 Å². The van der Waals surface area contributed by atoms with Crippen LogP contribution >= 0.6 is 0 Å². The van der Waals surface area contributed by atoms with E-state index in [0.29, 0.717) is 35.7 Å². The van der Waals surface area contributed by atoms with Crippen LogP contribution in [-0.4, -0.2) is 24.0 Å². The summed E-state index contributed by atoms with van der Waals surface area (Å²) in [6, 6.07) is 6.90. The van der Waals surface area contributed by atoms with Crippen LogP contribution in [0.4, 0.5) is 4.79 Å². The summed E-state index contributed by atoms with van der Waals surface area (Å²) in [6.45, 7) is 6.17. The largest absolute Gasteiger partial charge is 0.508 e. The minimum Gasteiger partial charge on any atom is -0.430 e. The second kappa shape index (κ2) is 9.11. The van der Waals surface area contributed by atoms with Crippen LogP contribution in [0.1, 0.15) is 77.7 Å². The highest BCUT2D eigenvalue weighted by Gasteiger charge is 2.60. The number of benzene rings is 1. The Kier molecular flexibility index (Phi) is 6.27. The van der Waals surface area contributed by atoms with Crippen molar-refractivity contribution in [1.82, 2.24) is 0 Å². The summed E-state index contributed by atoms with van der Waals surface area (Å²) in [4.78, 5) is 35.7. The predicted octanol–water partition coefficient (Wildman–Crippen LogP) is 6.17. The van der Waals surface area contributed by atoms with Gasteiger partial charge in [-0.3, -0.25) is 9.59 Å². The molecule has 1 aromatic rings. The fourth-order valence-electron chi connectivity index (χ4n) is 7.82. The summed E-state index contributed by atoms with van der Waals surface area (Å²) in [7, 11) is 0. The monoisotopic (exact) mass is 480 g/mol. The summed E-state index contributed by atoms with van der Waals surface area (Å²) in [6.07, 6.45) is 9.18. The second-order valence-corrected chi connectivity index (χ2v) is 11.5. The number of carbonyl (C=O) groups excluding carboxylic acids is 3. The Labute approximate surface area is 207 Å². The normalized spacial score (nSPS) is 35.7. The lowest BCUT2D eigenvalue weighted by atomic mass is 9.47. The van der Waals surface area contributed by atoms with Crippen LogP contribution in [0.25, 0.3) is 0 Å². The van der Waals surface area contributed by atoms with Crippen LogP contribution in [0.15, 0.2) is 35.9 Å². The van der Waals surface area contributed by atoms with Crippen LogP contribution in [0, 0.1) is 28.6 Å². The van der Waals surface area contributed by atoms with E-state index < -0.39 is 6.16 Å².